The van der Waals surface area contributed by atoms with Crippen molar-refractivity contribution in [3.05, 3.63) is 144 Å². The fraction of sp³-hybridized carbons (Fsp3) is 0.0769. The van der Waals surface area contributed by atoms with Gasteiger partial charge in [0.15, 0.2) is 0 Å². The van der Waals surface area contributed by atoms with Gasteiger partial charge in [-0.3, -0.25) is 4.99 Å². The van der Waals surface area contributed by atoms with Gasteiger partial charge in [0.1, 0.15) is 52.9 Å². The van der Waals surface area contributed by atoms with E-state index in [4.69, 9.17) is 10.5 Å². The Morgan fingerprint density at radius 1 is 0.653 bits per heavy atom. The molecule has 2 N–H and O–H groups in total. The molecule has 10 heteroatoms. The molecule has 0 bridgehead atoms. The molecule has 0 aliphatic heterocycles. The van der Waals surface area contributed by atoms with Gasteiger partial charge in [-0.1, -0.05) is 6.92 Å². The summed E-state index contributed by atoms with van der Waals surface area (Å²) in [4.78, 5) is 6.21. The first-order valence-electron chi connectivity index (χ1n) is 15.1. The number of anilines is 1. The van der Waals surface area contributed by atoms with Crippen molar-refractivity contribution < 1.29 is 5.11 Å². The first kappa shape index (κ1) is 35.0. The summed E-state index contributed by atoms with van der Waals surface area (Å²) in [5.41, 5.74) is -1.55. The SMILES string of the molecule is CCCN=C([O-])Nc1[nH]c(C(C#N)=C(C#N)C#N)c(C#N)c1C#N.c1ccc([As+](c2ccccc2)(c2ccccc2)c2ccccc2)cc1. The number of aromatic nitrogens is 1. The van der Waals surface area contributed by atoms with Gasteiger partial charge in [-0.2, -0.15) is 26.3 Å². The maximum absolute atomic E-state index is 11.7. The zero-order chi connectivity index (χ0) is 35.1. The summed E-state index contributed by atoms with van der Waals surface area (Å²) in [5, 5.41) is 59.4. The van der Waals surface area contributed by atoms with Gasteiger partial charge in [0.05, 0.1) is 17.3 Å². The van der Waals surface area contributed by atoms with Gasteiger partial charge in [0.25, 0.3) is 0 Å². The summed E-state index contributed by atoms with van der Waals surface area (Å²) in [6, 6.07) is 51.7. The summed E-state index contributed by atoms with van der Waals surface area (Å²) in [6.45, 7) is 2.11. The van der Waals surface area contributed by atoms with Gasteiger partial charge in [0, 0.05) is 6.54 Å². The minimum absolute atomic E-state index is 0.128. The van der Waals surface area contributed by atoms with Crippen LogP contribution < -0.4 is 27.8 Å². The molecule has 0 amide bonds. The Labute approximate surface area is 288 Å². The summed E-state index contributed by atoms with van der Waals surface area (Å²) in [6.07, 6.45) is 0.646. The summed E-state index contributed by atoms with van der Waals surface area (Å²) >= 11 is -2.77. The van der Waals surface area contributed by atoms with Crippen LogP contribution in [0.5, 0.6) is 0 Å². The third kappa shape index (κ3) is 7.60. The average molecular weight is 701 g/mol. The number of allylic oxidation sites excluding steroid dienone is 2. The Morgan fingerprint density at radius 2 is 1.06 bits per heavy atom. The van der Waals surface area contributed by atoms with Crippen molar-refractivity contribution in [2.75, 3.05) is 11.9 Å². The van der Waals surface area contributed by atoms with Crippen LogP contribution >= 0.6 is 0 Å². The second-order valence-electron chi connectivity index (χ2n) is 10.3. The van der Waals surface area contributed by atoms with E-state index in [1.165, 1.54) is 17.4 Å². The number of hydrogen-bond acceptors (Lipinski definition) is 7. The number of H-pyrrole nitrogens is 1. The van der Waals surface area contributed by atoms with Crippen LogP contribution in [0.3, 0.4) is 0 Å². The van der Waals surface area contributed by atoms with Crippen LogP contribution in [-0.2, 0) is 0 Å². The Balaban J connectivity index is 0.000000221. The molecule has 0 aliphatic rings. The molecule has 4 aromatic carbocycles. The van der Waals surface area contributed by atoms with E-state index >= 15 is 0 Å². The second kappa shape index (κ2) is 17.2. The van der Waals surface area contributed by atoms with Crippen LogP contribution in [0.2, 0.25) is 0 Å². The number of amidine groups is 1. The number of benzene rings is 4. The van der Waals surface area contributed by atoms with E-state index < -0.39 is 25.1 Å². The molecule has 0 fully saturated rings. The first-order chi connectivity index (χ1) is 24.0. The zero-order valence-electron chi connectivity index (χ0n) is 26.5. The molecule has 5 rings (SSSR count). The van der Waals surface area contributed by atoms with Crippen LogP contribution in [0.1, 0.15) is 30.2 Å². The number of nitrogens with zero attached hydrogens (tertiary/aromatic N) is 6. The van der Waals surface area contributed by atoms with Gasteiger partial charge in [-0.25, -0.2) is 0 Å². The number of nitrogens with one attached hydrogen (secondary N) is 2. The molecule has 0 unspecified atom stereocenters. The quantitative estimate of drug-likeness (QED) is 0.107. The summed E-state index contributed by atoms with van der Waals surface area (Å²) < 4.78 is 5.79. The molecular formula is C39H29AsN8O. The third-order valence-corrected chi connectivity index (χ3v) is 16.3. The van der Waals surface area contributed by atoms with Gasteiger partial charge in [0.2, 0.25) is 0 Å². The van der Waals surface area contributed by atoms with E-state index in [2.05, 4.69) is 137 Å². The molecule has 0 saturated carbocycles. The number of aliphatic imine (C=N–C) groups is 1. The van der Waals surface area contributed by atoms with Gasteiger partial charge < -0.3 is 15.4 Å². The van der Waals surface area contributed by atoms with Crippen molar-refractivity contribution in [1.82, 2.24) is 4.98 Å². The van der Waals surface area contributed by atoms with Gasteiger partial charge >= 0.3 is 152 Å². The van der Waals surface area contributed by atoms with Gasteiger partial charge in [-0.15, -0.1) is 0 Å². The van der Waals surface area contributed by atoms with Crippen molar-refractivity contribution in [1.29, 1.82) is 26.3 Å². The van der Waals surface area contributed by atoms with Crippen molar-refractivity contribution in [3.63, 3.8) is 0 Å². The predicted octanol–water partition coefficient (Wildman–Crippen LogP) is 3.68. The predicted molar refractivity (Wildman–Crippen MR) is 190 cm³/mol. The van der Waals surface area contributed by atoms with E-state index in [0.717, 1.165) is 0 Å². The van der Waals surface area contributed by atoms with E-state index in [-0.39, 0.29) is 34.8 Å². The summed E-state index contributed by atoms with van der Waals surface area (Å²) in [7, 11) is 0. The van der Waals surface area contributed by atoms with Crippen molar-refractivity contribution in [3.8, 4) is 30.3 Å². The normalized spacial score (nSPS) is 10.4. The number of aromatic amines is 1. The molecule has 0 spiro atoms. The standard InChI is InChI=1S/C24H20As.C15H10N8O/c1-5-13-21(14-6-1)25(22-15-7-2-8-16-22,23-17-9-3-10-18-23)24-19-11-4-12-20-24;1-2-3-21-15(24)23-14-12(8-20)11(7-19)13(22-14)10(6-18)9(4-16)5-17/h1-20H;22H,2-3H2,1H3,(H2,21,23,24)/q+1;/p-1. The Morgan fingerprint density at radius 3 is 1.39 bits per heavy atom. The molecule has 0 aliphatic carbocycles. The van der Waals surface area contributed by atoms with E-state index in [9.17, 15) is 20.9 Å². The molecule has 236 valence electrons. The Kier molecular flexibility index (Phi) is 12.3. The Bertz CT molecular complexity index is 1980. The average Bonchev–Trinajstić information content (AvgIpc) is 3.51. The minimum atomic E-state index is -2.77. The molecule has 0 radical (unpaired) electrons. The molecule has 5 aromatic rings. The van der Waals surface area contributed by atoms with E-state index in [1.54, 1.807) is 30.3 Å². The van der Waals surface area contributed by atoms with Crippen molar-refractivity contribution in [2.45, 2.75) is 13.3 Å². The molecule has 49 heavy (non-hydrogen) atoms. The number of nitriles is 5. The van der Waals surface area contributed by atoms with Crippen molar-refractivity contribution in [2.24, 2.45) is 4.99 Å². The van der Waals surface area contributed by atoms with E-state index in [1.807, 2.05) is 6.92 Å². The number of rotatable bonds is 8. The van der Waals surface area contributed by atoms with Crippen LogP contribution in [0.15, 0.2) is 132 Å². The Hall–Kier alpha value is -6.82. The summed E-state index contributed by atoms with van der Waals surface area (Å²) in [5.74, 6) is -0.128. The van der Waals surface area contributed by atoms with Crippen LogP contribution in [0, 0.1) is 56.7 Å². The van der Waals surface area contributed by atoms with E-state index in [0.29, 0.717) is 6.42 Å². The van der Waals surface area contributed by atoms with Crippen molar-refractivity contribution >= 4 is 48.4 Å². The zero-order valence-corrected chi connectivity index (χ0v) is 28.4. The monoisotopic (exact) mass is 700 g/mol. The van der Waals surface area contributed by atoms with Crippen LogP contribution in [0.4, 0.5) is 5.82 Å². The first-order valence-corrected chi connectivity index (χ1v) is 18.9. The molecule has 0 atom stereocenters. The molecule has 0 saturated heterocycles. The number of hydrogen-bond donors (Lipinski definition) is 2. The van der Waals surface area contributed by atoms with Crippen LogP contribution in [-0.4, -0.2) is 31.1 Å². The molecule has 9 nitrogen and oxygen atoms in total. The second-order valence-corrected chi connectivity index (χ2v) is 17.4. The third-order valence-electron chi connectivity index (χ3n) is 7.34. The topological polar surface area (TPSA) is 182 Å². The molecular weight excluding hydrogens is 671 g/mol. The maximum atomic E-state index is 11.7. The van der Waals surface area contributed by atoms with Gasteiger partial charge in [-0.05, 0) is 6.42 Å². The molecule has 1 aromatic heterocycles. The fourth-order valence-corrected chi connectivity index (χ4v) is 14.2. The molecule has 1 heterocycles. The fourth-order valence-electron chi connectivity index (χ4n) is 5.24. The van der Waals surface area contributed by atoms with Crippen LogP contribution in [0.25, 0.3) is 5.57 Å².